The Labute approximate surface area is 126 Å². The summed E-state index contributed by atoms with van der Waals surface area (Å²) < 4.78 is 0. The molecule has 0 heterocycles. The number of rotatable bonds is 5. The molecule has 0 saturated carbocycles. The molecule has 0 aromatic heterocycles. The Hall–Kier alpha value is -1.25. The zero-order valence-electron chi connectivity index (χ0n) is 12.5. The molecule has 0 aliphatic rings. The number of aryl methyl sites for hydroxylation is 2. The van der Waals surface area contributed by atoms with E-state index in [1.165, 1.54) is 22.3 Å². The molecule has 2 unspecified atom stereocenters. The second-order valence-corrected chi connectivity index (χ2v) is 6.63. The molecule has 106 valence electrons. The molecule has 2 aromatic carbocycles. The minimum atomic E-state index is 0.147. The first kappa shape index (κ1) is 15.1. The van der Waals surface area contributed by atoms with Crippen molar-refractivity contribution in [1.82, 2.24) is 0 Å². The van der Waals surface area contributed by atoms with Gasteiger partial charge in [0.05, 0.1) is 0 Å². The minimum absolute atomic E-state index is 0.147. The molecule has 0 aliphatic carbocycles. The maximum Gasteiger partial charge on any atom is 0.0448 e. The SMILES string of the molecule is Cc1cc(C)cc(CSC(c2ccccc2)C(C)N)c1. The van der Waals surface area contributed by atoms with Gasteiger partial charge in [0.2, 0.25) is 0 Å². The van der Waals surface area contributed by atoms with Crippen molar-refractivity contribution >= 4 is 11.8 Å². The number of thioether (sulfide) groups is 1. The zero-order valence-corrected chi connectivity index (χ0v) is 13.3. The van der Waals surface area contributed by atoms with E-state index in [1.807, 2.05) is 11.8 Å². The van der Waals surface area contributed by atoms with Crippen molar-refractivity contribution in [2.45, 2.75) is 37.8 Å². The van der Waals surface area contributed by atoms with Gasteiger partial charge in [-0.05, 0) is 31.9 Å². The van der Waals surface area contributed by atoms with Crippen molar-refractivity contribution in [3.05, 3.63) is 70.8 Å². The molecule has 20 heavy (non-hydrogen) atoms. The first-order valence-electron chi connectivity index (χ1n) is 7.05. The molecule has 2 atom stereocenters. The van der Waals surface area contributed by atoms with Gasteiger partial charge in [-0.25, -0.2) is 0 Å². The van der Waals surface area contributed by atoms with Crippen LogP contribution in [-0.4, -0.2) is 6.04 Å². The van der Waals surface area contributed by atoms with Crippen molar-refractivity contribution < 1.29 is 0 Å². The van der Waals surface area contributed by atoms with Crippen molar-refractivity contribution in [3.8, 4) is 0 Å². The van der Waals surface area contributed by atoms with Crippen LogP contribution in [0.1, 0.15) is 34.4 Å². The molecule has 0 aliphatic heterocycles. The highest BCUT2D eigenvalue weighted by molar-refractivity contribution is 7.98. The standard InChI is InChI=1S/C18H23NS/c1-13-9-14(2)11-16(10-13)12-20-18(15(3)19)17-7-5-4-6-8-17/h4-11,15,18H,12,19H2,1-3H3. The van der Waals surface area contributed by atoms with Crippen LogP contribution in [-0.2, 0) is 5.75 Å². The lowest BCUT2D eigenvalue weighted by Crippen LogP contribution is -2.22. The maximum atomic E-state index is 6.17. The molecule has 2 aromatic rings. The van der Waals surface area contributed by atoms with E-state index < -0.39 is 0 Å². The van der Waals surface area contributed by atoms with Crippen LogP contribution in [0, 0.1) is 13.8 Å². The Bertz CT molecular complexity index is 528. The molecule has 0 spiro atoms. The molecule has 0 bridgehead atoms. The Morgan fingerprint density at radius 2 is 1.60 bits per heavy atom. The molecule has 0 radical (unpaired) electrons. The van der Waals surface area contributed by atoms with Gasteiger partial charge >= 0.3 is 0 Å². The highest BCUT2D eigenvalue weighted by Gasteiger charge is 2.16. The minimum Gasteiger partial charge on any atom is -0.327 e. The third-order valence-electron chi connectivity index (χ3n) is 3.32. The van der Waals surface area contributed by atoms with Gasteiger partial charge in [0.1, 0.15) is 0 Å². The van der Waals surface area contributed by atoms with E-state index in [4.69, 9.17) is 5.73 Å². The normalized spacial score (nSPS) is 14.0. The highest BCUT2D eigenvalue weighted by atomic mass is 32.2. The lowest BCUT2D eigenvalue weighted by molar-refractivity contribution is 0.721. The summed E-state index contributed by atoms with van der Waals surface area (Å²) in [7, 11) is 0. The van der Waals surface area contributed by atoms with E-state index in [-0.39, 0.29) is 6.04 Å². The Morgan fingerprint density at radius 3 is 2.15 bits per heavy atom. The largest absolute Gasteiger partial charge is 0.327 e. The van der Waals surface area contributed by atoms with Crippen LogP contribution in [0.4, 0.5) is 0 Å². The first-order chi connectivity index (χ1) is 9.56. The summed E-state index contributed by atoms with van der Waals surface area (Å²) in [5.41, 5.74) is 11.5. The van der Waals surface area contributed by atoms with E-state index in [1.54, 1.807) is 0 Å². The quantitative estimate of drug-likeness (QED) is 0.867. The zero-order chi connectivity index (χ0) is 14.5. The fourth-order valence-corrected chi connectivity index (χ4v) is 3.72. The molecular weight excluding hydrogens is 262 g/mol. The Balaban J connectivity index is 2.10. The monoisotopic (exact) mass is 285 g/mol. The molecule has 0 amide bonds. The van der Waals surface area contributed by atoms with Gasteiger partial charge in [-0.1, -0.05) is 59.7 Å². The molecule has 2 heteroatoms. The van der Waals surface area contributed by atoms with Crippen molar-refractivity contribution in [1.29, 1.82) is 0 Å². The number of hydrogen-bond donors (Lipinski definition) is 1. The molecule has 0 saturated heterocycles. The second kappa shape index (κ2) is 6.96. The summed E-state index contributed by atoms with van der Waals surface area (Å²) in [6.45, 7) is 6.40. The lowest BCUT2D eigenvalue weighted by atomic mass is 10.1. The topological polar surface area (TPSA) is 26.0 Å². The van der Waals surface area contributed by atoms with Gasteiger partial charge in [0.25, 0.3) is 0 Å². The Kier molecular flexibility index (Phi) is 5.27. The van der Waals surface area contributed by atoms with Crippen LogP contribution in [0.25, 0.3) is 0 Å². The maximum absolute atomic E-state index is 6.17. The summed E-state index contributed by atoms with van der Waals surface area (Å²) in [6, 6.07) is 17.5. The van der Waals surface area contributed by atoms with Gasteiger partial charge in [0.15, 0.2) is 0 Å². The highest BCUT2D eigenvalue weighted by Crippen LogP contribution is 2.33. The average molecular weight is 285 g/mol. The van der Waals surface area contributed by atoms with E-state index in [0.717, 1.165) is 5.75 Å². The molecule has 1 nitrogen and oxygen atoms in total. The van der Waals surface area contributed by atoms with Crippen LogP contribution in [0.15, 0.2) is 48.5 Å². The van der Waals surface area contributed by atoms with Gasteiger partial charge in [-0.2, -0.15) is 0 Å². The second-order valence-electron chi connectivity index (χ2n) is 5.50. The van der Waals surface area contributed by atoms with Crippen molar-refractivity contribution in [2.24, 2.45) is 5.73 Å². The van der Waals surface area contributed by atoms with Crippen LogP contribution in [0.5, 0.6) is 0 Å². The van der Waals surface area contributed by atoms with E-state index in [2.05, 4.69) is 69.3 Å². The molecular formula is C18H23NS. The van der Waals surface area contributed by atoms with Gasteiger partial charge < -0.3 is 5.73 Å². The number of benzene rings is 2. The van der Waals surface area contributed by atoms with Crippen molar-refractivity contribution in [3.63, 3.8) is 0 Å². The van der Waals surface area contributed by atoms with Crippen LogP contribution >= 0.6 is 11.8 Å². The predicted octanol–water partition coefficient (Wildman–Crippen LogP) is 4.63. The smallest absolute Gasteiger partial charge is 0.0448 e. The number of nitrogens with two attached hydrogens (primary N) is 1. The molecule has 2 N–H and O–H groups in total. The summed E-state index contributed by atoms with van der Waals surface area (Å²) >= 11 is 1.93. The van der Waals surface area contributed by atoms with Crippen molar-refractivity contribution in [2.75, 3.05) is 0 Å². The summed E-state index contributed by atoms with van der Waals surface area (Å²) in [5.74, 6) is 1.00. The third kappa shape index (κ3) is 4.12. The third-order valence-corrected chi connectivity index (χ3v) is 4.88. The summed E-state index contributed by atoms with van der Waals surface area (Å²) in [5, 5.41) is 0.344. The van der Waals surface area contributed by atoms with Crippen LogP contribution in [0.2, 0.25) is 0 Å². The van der Waals surface area contributed by atoms with E-state index >= 15 is 0 Å². The average Bonchev–Trinajstić information content (AvgIpc) is 2.38. The fourth-order valence-electron chi connectivity index (χ4n) is 2.53. The summed E-state index contributed by atoms with van der Waals surface area (Å²) in [4.78, 5) is 0. The predicted molar refractivity (Wildman–Crippen MR) is 90.0 cm³/mol. The van der Waals surface area contributed by atoms with Crippen LogP contribution in [0.3, 0.4) is 0 Å². The summed E-state index contributed by atoms with van der Waals surface area (Å²) in [6.07, 6.45) is 0. The Morgan fingerprint density at radius 1 is 1.00 bits per heavy atom. The number of hydrogen-bond acceptors (Lipinski definition) is 2. The first-order valence-corrected chi connectivity index (χ1v) is 8.10. The van der Waals surface area contributed by atoms with Gasteiger partial charge in [-0.3, -0.25) is 0 Å². The van der Waals surface area contributed by atoms with Gasteiger partial charge in [0, 0.05) is 17.0 Å². The lowest BCUT2D eigenvalue weighted by Gasteiger charge is -2.21. The van der Waals surface area contributed by atoms with Gasteiger partial charge in [-0.15, -0.1) is 11.8 Å². The fraction of sp³-hybridized carbons (Fsp3) is 0.333. The molecule has 2 rings (SSSR count). The van der Waals surface area contributed by atoms with E-state index in [0.29, 0.717) is 5.25 Å². The van der Waals surface area contributed by atoms with Crippen LogP contribution < -0.4 is 5.73 Å². The molecule has 0 fully saturated rings. The van der Waals surface area contributed by atoms with E-state index in [9.17, 15) is 0 Å².